The number of epoxide rings is 2. The fourth-order valence-electron chi connectivity index (χ4n) is 4.52. The molecule has 0 radical (unpaired) electrons. The second kappa shape index (κ2) is 7.38. The van der Waals surface area contributed by atoms with Gasteiger partial charge < -0.3 is 23.7 Å². The van der Waals surface area contributed by atoms with Crippen LogP contribution in [0.4, 0.5) is 0 Å². The van der Waals surface area contributed by atoms with Crippen molar-refractivity contribution < 1.29 is 28.5 Å². The second-order valence-corrected chi connectivity index (χ2v) is 8.80. The van der Waals surface area contributed by atoms with Crippen LogP contribution in [0.2, 0.25) is 0 Å². The van der Waals surface area contributed by atoms with Crippen molar-refractivity contribution in [3.05, 3.63) is 0 Å². The normalized spacial score (nSPS) is 43.3. The molecule has 6 unspecified atom stereocenters. The molecular formula is C20H32O6. The minimum atomic E-state index is -0.103. The van der Waals surface area contributed by atoms with Gasteiger partial charge in [0, 0.05) is 6.61 Å². The molecule has 6 atom stereocenters. The van der Waals surface area contributed by atoms with Crippen molar-refractivity contribution in [2.45, 2.75) is 75.8 Å². The van der Waals surface area contributed by atoms with E-state index in [1.54, 1.807) is 0 Å². The minimum absolute atomic E-state index is 0.00768. The lowest BCUT2D eigenvalue weighted by atomic mass is 9.83. The largest absolute Gasteiger partial charge is 0.463 e. The van der Waals surface area contributed by atoms with Crippen LogP contribution in [0.5, 0.6) is 0 Å². The Labute approximate surface area is 155 Å². The van der Waals surface area contributed by atoms with E-state index >= 15 is 0 Å². The lowest BCUT2D eigenvalue weighted by molar-refractivity contribution is -0.151. The van der Waals surface area contributed by atoms with E-state index in [9.17, 15) is 4.79 Å². The number of carbonyl (C=O) groups is 1. The van der Waals surface area contributed by atoms with Gasteiger partial charge in [0.15, 0.2) is 0 Å². The van der Waals surface area contributed by atoms with E-state index in [0.29, 0.717) is 38.4 Å². The van der Waals surface area contributed by atoms with E-state index < -0.39 is 0 Å². The molecule has 2 aliphatic heterocycles. The fourth-order valence-corrected chi connectivity index (χ4v) is 4.52. The van der Waals surface area contributed by atoms with Crippen LogP contribution in [0.3, 0.4) is 0 Å². The van der Waals surface area contributed by atoms with Gasteiger partial charge in [-0.15, -0.1) is 0 Å². The number of hydrogen-bond donors (Lipinski definition) is 0. The van der Waals surface area contributed by atoms with Crippen LogP contribution in [0.15, 0.2) is 0 Å². The number of hydrogen-bond acceptors (Lipinski definition) is 6. The maximum atomic E-state index is 12.1. The summed E-state index contributed by atoms with van der Waals surface area (Å²) in [4.78, 5) is 12.1. The van der Waals surface area contributed by atoms with Crippen LogP contribution < -0.4 is 0 Å². The zero-order chi connectivity index (χ0) is 18.2. The summed E-state index contributed by atoms with van der Waals surface area (Å²) in [5.74, 6) is 0.505. The van der Waals surface area contributed by atoms with Crippen molar-refractivity contribution in [3.63, 3.8) is 0 Å². The highest BCUT2D eigenvalue weighted by Gasteiger charge is 2.56. The first kappa shape index (κ1) is 18.7. The van der Waals surface area contributed by atoms with Crippen molar-refractivity contribution in [1.82, 2.24) is 0 Å². The molecule has 2 saturated heterocycles. The second-order valence-electron chi connectivity index (χ2n) is 8.80. The predicted octanol–water partition coefficient (Wildman–Crippen LogP) is 2.48. The standard InChI is InChI=1S/C20H32O6/c1-19-5-3-14(11-16(19)25-19)13-23-8-7-22-9-10-24-18(21)15-4-6-20(2)17(12-15)26-20/h14-17H,3-13H2,1-2H3. The van der Waals surface area contributed by atoms with Gasteiger partial charge >= 0.3 is 5.97 Å². The summed E-state index contributed by atoms with van der Waals surface area (Å²) in [6.07, 6.45) is 6.81. The molecule has 6 nitrogen and oxygen atoms in total. The molecule has 0 amide bonds. The Hall–Kier alpha value is -0.690. The van der Waals surface area contributed by atoms with Crippen LogP contribution in [-0.2, 0) is 28.5 Å². The Bertz CT molecular complexity index is 524. The summed E-state index contributed by atoms with van der Waals surface area (Å²) in [5, 5.41) is 0. The molecule has 26 heavy (non-hydrogen) atoms. The SMILES string of the molecule is CC12CCC(COCCOCCOC(=O)C3CCC4(C)OC4C3)CC1O2. The van der Waals surface area contributed by atoms with Gasteiger partial charge in [0.25, 0.3) is 0 Å². The first-order valence-electron chi connectivity index (χ1n) is 10.2. The molecule has 0 aromatic heterocycles. The van der Waals surface area contributed by atoms with E-state index in [2.05, 4.69) is 13.8 Å². The van der Waals surface area contributed by atoms with Gasteiger partial charge in [0.1, 0.15) is 6.61 Å². The Balaban J connectivity index is 0.976. The summed E-state index contributed by atoms with van der Waals surface area (Å²) in [6.45, 7) is 7.00. The predicted molar refractivity (Wildman–Crippen MR) is 93.8 cm³/mol. The Morgan fingerprint density at radius 2 is 1.58 bits per heavy atom. The first-order valence-corrected chi connectivity index (χ1v) is 10.2. The van der Waals surface area contributed by atoms with Crippen LogP contribution >= 0.6 is 0 Å². The van der Waals surface area contributed by atoms with Gasteiger partial charge in [-0.1, -0.05) is 0 Å². The van der Waals surface area contributed by atoms with Gasteiger partial charge in [-0.05, 0) is 58.3 Å². The highest BCUT2D eigenvalue weighted by Crippen LogP contribution is 2.50. The Morgan fingerprint density at radius 1 is 0.923 bits per heavy atom. The molecule has 148 valence electrons. The number of carbonyl (C=O) groups excluding carboxylic acids is 1. The summed E-state index contributed by atoms with van der Waals surface area (Å²) in [5.41, 5.74) is 0.225. The maximum Gasteiger partial charge on any atom is 0.309 e. The van der Waals surface area contributed by atoms with Gasteiger partial charge in [-0.2, -0.15) is 0 Å². The van der Waals surface area contributed by atoms with E-state index in [0.717, 1.165) is 38.7 Å². The minimum Gasteiger partial charge on any atom is -0.463 e. The average Bonchev–Trinajstić information content (AvgIpc) is 3.49. The third-order valence-electron chi connectivity index (χ3n) is 6.69. The molecule has 4 rings (SSSR count). The molecule has 0 bridgehead atoms. The van der Waals surface area contributed by atoms with E-state index in [-0.39, 0.29) is 29.2 Å². The van der Waals surface area contributed by atoms with Gasteiger partial charge in [-0.3, -0.25) is 4.79 Å². The molecule has 2 heterocycles. The number of fused-ring (bicyclic) bond motifs is 2. The summed E-state index contributed by atoms with van der Waals surface area (Å²) in [6, 6.07) is 0. The molecule has 0 aromatic rings. The molecule has 4 aliphatic rings. The van der Waals surface area contributed by atoms with Crippen LogP contribution in [0, 0.1) is 11.8 Å². The fraction of sp³-hybridized carbons (Fsp3) is 0.950. The number of rotatable bonds is 9. The maximum absolute atomic E-state index is 12.1. The molecule has 2 aliphatic carbocycles. The molecule has 6 heteroatoms. The monoisotopic (exact) mass is 368 g/mol. The van der Waals surface area contributed by atoms with Crippen molar-refractivity contribution >= 4 is 5.97 Å². The molecule has 0 N–H and O–H groups in total. The van der Waals surface area contributed by atoms with Crippen LogP contribution in [0.25, 0.3) is 0 Å². The average molecular weight is 368 g/mol. The van der Waals surface area contributed by atoms with Crippen LogP contribution in [-0.4, -0.2) is 62.4 Å². The van der Waals surface area contributed by atoms with Crippen molar-refractivity contribution in [1.29, 1.82) is 0 Å². The van der Waals surface area contributed by atoms with E-state index in [1.165, 1.54) is 6.42 Å². The Kier molecular flexibility index (Phi) is 5.30. The van der Waals surface area contributed by atoms with Gasteiger partial charge in [0.2, 0.25) is 0 Å². The quantitative estimate of drug-likeness (QED) is 0.354. The first-order chi connectivity index (χ1) is 12.5. The highest BCUT2D eigenvalue weighted by atomic mass is 16.6. The molecule has 0 spiro atoms. The lowest BCUT2D eigenvalue weighted by Gasteiger charge is -2.22. The van der Waals surface area contributed by atoms with Gasteiger partial charge in [-0.25, -0.2) is 0 Å². The molecule has 0 aromatic carbocycles. The Morgan fingerprint density at radius 3 is 2.31 bits per heavy atom. The number of ether oxygens (including phenoxy) is 5. The third-order valence-corrected chi connectivity index (χ3v) is 6.69. The molecular weight excluding hydrogens is 336 g/mol. The summed E-state index contributed by atoms with van der Waals surface area (Å²) < 4.78 is 27.9. The zero-order valence-corrected chi connectivity index (χ0v) is 16.0. The topological polar surface area (TPSA) is 69.8 Å². The van der Waals surface area contributed by atoms with Gasteiger partial charge in [0.05, 0.1) is 49.1 Å². The highest BCUT2D eigenvalue weighted by molar-refractivity contribution is 5.72. The summed E-state index contributed by atoms with van der Waals surface area (Å²) >= 11 is 0. The summed E-state index contributed by atoms with van der Waals surface area (Å²) in [7, 11) is 0. The smallest absolute Gasteiger partial charge is 0.309 e. The van der Waals surface area contributed by atoms with Crippen molar-refractivity contribution in [2.24, 2.45) is 11.8 Å². The van der Waals surface area contributed by atoms with E-state index in [4.69, 9.17) is 23.7 Å². The van der Waals surface area contributed by atoms with Crippen molar-refractivity contribution in [3.8, 4) is 0 Å². The zero-order valence-electron chi connectivity index (χ0n) is 16.0. The van der Waals surface area contributed by atoms with Crippen LogP contribution in [0.1, 0.15) is 52.4 Å². The number of esters is 1. The molecule has 4 fully saturated rings. The molecule has 2 saturated carbocycles. The lowest BCUT2D eigenvalue weighted by Crippen LogP contribution is -2.28. The van der Waals surface area contributed by atoms with E-state index in [1.807, 2.05) is 0 Å². The van der Waals surface area contributed by atoms with Crippen molar-refractivity contribution in [2.75, 3.05) is 33.0 Å². The third kappa shape index (κ3) is 4.24.